The number of hydrogen-bond acceptors (Lipinski definition) is 6. The molecule has 9 nitrogen and oxygen atoms in total. The van der Waals surface area contributed by atoms with Crippen molar-refractivity contribution < 1.29 is 19.1 Å². The van der Waals surface area contributed by atoms with Crippen molar-refractivity contribution in [3.63, 3.8) is 0 Å². The maximum atomic E-state index is 12.9. The van der Waals surface area contributed by atoms with Crippen molar-refractivity contribution in [2.24, 2.45) is 5.92 Å². The Bertz CT molecular complexity index is 968. The molecular weight excluding hydrogens is 436 g/mol. The van der Waals surface area contributed by atoms with E-state index in [9.17, 15) is 14.4 Å². The van der Waals surface area contributed by atoms with Gasteiger partial charge < -0.3 is 20.1 Å². The van der Waals surface area contributed by atoms with Crippen molar-refractivity contribution in [1.82, 2.24) is 20.4 Å². The zero-order valence-corrected chi connectivity index (χ0v) is 21.6. The monoisotopic (exact) mass is 476 g/mol. The van der Waals surface area contributed by atoms with Crippen LogP contribution in [0.3, 0.4) is 0 Å². The molecule has 34 heavy (non-hydrogen) atoms. The van der Waals surface area contributed by atoms with E-state index in [1.807, 2.05) is 48.5 Å². The summed E-state index contributed by atoms with van der Waals surface area (Å²) in [6.07, 6.45) is 3.07. The van der Waals surface area contributed by atoms with Crippen LogP contribution in [-0.4, -0.2) is 45.1 Å². The number of ether oxygens (including phenoxy) is 2. The lowest BCUT2D eigenvalue weighted by Gasteiger charge is -2.29. The van der Waals surface area contributed by atoms with Crippen molar-refractivity contribution in [1.29, 1.82) is 0 Å². The van der Waals surface area contributed by atoms with E-state index in [0.29, 0.717) is 43.2 Å². The number of nitrogens with zero attached hydrogens (tertiary/aromatic N) is 2. The van der Waals surface area contributed by atoms with Gasteiger partial charge in [0.25, 0.3) is 5.56 Å². The maximum Gasteiger partial charge on any atom is 0.408 e. The van der Waals surface area contributed by atoms with Gasteiger partial charge >= 0.3 is 6.09 Å². The van der Waals surface area contributed by atoms with Gasteiger partial charge in [0, 0.05) is 29.5 Å². The zero-order chi connectivity index (χ0) is 25.3. The summed E-state index contributed by atoms with van der Waals surface area (Å²) in [5.41, 5.74) is -1.04. The van der Waals surface area contributed by atoms with E-state index < -0.39 is 17.2 Å². The summed E-state index contributed by atoms with van der Waals surface area (Å²) in [4.78, 5) is 37.9. The van der Waals surface area contributed by atoms with Gasteiger partial charge in [-0.2, -0.15) is 5.10 Å². The van der Waals surface area contributed by atoms with Crippen LogP contribution in [0.15, 0.2) is 10.9 Å². The predicted molar refractivity (Wildman–Crippen MR) is 129 cm³/mol. The van der Waals surface area contributed by atoms with E-state index >= 15 is 0 Å². The average molecular weight is 477 g/mol. The first kappa shape index (κ1) is 26.0. The Balaban J connectivity index is 1.66. The number of carbonyl (C=O) groups excluding carboxylic acids is 2. The van der Waals surface area contributed by atoms with Gasteiger partial charge in [-0.05, 0) is 52.4 Å². The average Bonchev–Trinajstić information content (AvgIpc) is 3.20. The summed E-state index contributed by atoms with van der Waals surface area (Å²) < 4.78 is 12.8. The van der Waals surface area contributed by atoms with Gasteiger partial charge in [0.1, 0.15) is 23.6 Å². The molecule has 0 aliphatic heterocycles. The molecule has 1 aromatic rings. The fraction of sp³-hybridized carbons (Fsp3) is 0.760. The molecule has 0 atom stereocenters. The minimum atomic E-state index is -0.544. The van der Waals surface area contributed by atoms with E-state index in [2.05, 4.69) is 15.7 Å². The molecule has 0 aromatic carbocycles. The van der Waals surface area contributed by atoms with Gasteiger partial charge in [-0.15, -0.1) is 0 Å². The molecule has 0 unspecified atom stereocenters. The van der Waals surface area contributed by atoms with Gasteiger partial charge in [0.05, 0.1) is 6.61 Å². The molecule has 3 rings (SSSR count). The van der Waals surface area contributed by atoms with Crippen LogP contribution in [-0.2, 0) is 16.1 Å². The topological polar surface area (TPSA) is 112 Å². The number of carbonyl (C=O) groups is 2. The lowest BCUT2D eigenvalue weighted by Crippen LogP contribution is -2.47. The van der Waals surface area contributed by atoms with E-state index in [0.717, 1.165) is 12.8 Å². The van der Waals surface area contributed by atoms with Crippen molar-refractivity contribution >= 4 is 12.0 Å². The second-order valence-corrected chi connectivity index (χ2v) is 11.7. The number of nitrogens with one attached hydrogen (secondary N) is 2. The Morgan fingerprint density at radius 2 is 1.79 bits per heavy atom. The summed E-state index contributed by atoms with van der Waals surface area (Å²) in [6.45, 7) is 14.1. The molecule has 2 fully saturated rings. The van der Waals surface area contributed by atoms with Gasteiger partial charge in [-0.25, -0.2) is 9.48 Å². The molecule has 2 N–H and O–H groups in total. The van der Waals surface area contributed by atoms with Crippen LogP contribution in [0.2, 0.25) is 0 Å². The maximum absolute atomic E-state index is 12.9. The van der Waals surface area contributed by atoms with Crippen molar-refractivity contribution in [2.75, 3.05) is 6.61 Å². The SMILES string of the molecule is CC(C)COc1cc(=O)n(CC(=O)NC23CCC(OC(=O)NC(C)(C)C)(CC2)C3)nc1C(C)C. The van der Waals surface area contributed by atoms with Gasteiger partial charge in [0.2, 0.25) is 5.91 Å². The van der Waals surface area contributed by atoms with E-state index in [4.69, 9.17) is 9.47 Å². The van der Waals surface area contributed by atoms with Crippen molar-refractivity contribution in [3.8, 4) is 5.75 Å². The minimum Gasteiger partial charge on any atom is -0.491 e. The Morgan fingerprint density at radius 1 is 1.15 bits per heavy atom. The van der Waals surface area contributed by atoms with Crippen molar-refractivity contribution in [2.45, 2.75) is 110 Å². The van der Waals surface area contributed by atoms with Crippen LogP contribution < -0.4 is 20.9 Å². The normalized spacial score (nSPS) is 23.9. The van der Waals surface area contributed by atoms with Crippen LogP contribution in [0.4, 0.5) is 4.79 Å². The van der Waals surface area contributed by atoms with Crippen LogP contribution >= 0.6 is 0 Å². The van der Waals surface area contributed by atoms with E-state index in [-0.39, 0.29) is 29.5 Å². The summed E-state index contributed by atoms with van der Waals surface area (Å²) in [6, 6.07) is 1.42. The minimum absolute atomic E-state index is 0.0392. The van der Waals surface area contributed by atoms with Crippen LogP contribution in [0.25, 0.3) is 0 Å². The molecule has 1 aromatic heterocycles. The summed E-state index contributed by atoms with van der Waals surface area (Å²) >= 11 is 0. The highest BCUT2D eigenvalue weighted by atomic mass is 16.6. The van der Waals surface area contributed by atoms with Crippen LogP contribution in [0, 0.1) is 5.92 Å². The number of alkyl carbamates (subject to hydrolysis) is 1. The first-order valence-corrected chi connectivity index (χ1v) is 12.3. The number of rotatable bonds is 8. The highest BCUT2D eigenvalue weighted by molar-refractivity contribution is 5.77. The third kappa shape index (κ3) is 6.30. The fourth-order valence-electron chi connectivity index (χ4n) is 4.84. The second kappa shape index (κ2) is 9.58. The fourth-order valence-corrected chi connectivity index (χ4v) is 4.84. The molecule has 1 heterocycles. The van der Waals surface area contributed by atoms with Gasteiger partial charge in [0.15, 0.2) is 0 Å². The smallest absolute Gasteiger partial charge is 0.408 e. The molecule has 0 saturated heterocycles. The lowest BCUT2D eigenvalue weighted by atomic mass is 9.92. The Morgan fingerprint density at radius 3 is 2.35 bits per heavy atom. The molecular formula is C25H40N4O5. The molecule has 2 saturated carbocycles. The quantitative estimate of drug-likeness (QED) is 0.594. The second-order valence-electron chi connectivity index (χ2n) is 11.7. The molecule has 2 aliphatic rings. The van der Waals surface area contributed by atoms with Crippen LogP contribution in [0.1, 0.15) is 92.2 Å². The highest BCUT2D eigenvalue weighted by Gasteiger charge is 2.57. The first-order chi connectivity index (χ1) is 15.7. The van der Waals surface area contributed by atoms with E-state index in [1.54, 1.807) is 0 Å². The highest BCUT2D eigenvalue weighted by Crippen LogP contribution is 2.52. The first-order valence-electron chi connectivity index (χ1n) is 12.3. The number of hydrogen-bond donors (Lipinski definition) is 2. The largest absolute Gasteiger partial charge is 0.491 e. The predicted octanol–water partition coefficient (Wildman–Crippen LogP) is 3.50. The summed E-state index contributed by atoms with van der Waals surface area (Å²) in [5.74, 6) is 0.571. The summed E-state index contributed by atoms with van der Waals surface area (Å²) in [7, 11) is 0. The Kier molecular flexibility index (Phi) is 7.34. The standard InChI is InChI=1S/C25H40N4O5/c1-16(2)14-33-18-12-20(31)29(28-21(18)17(3)4)13-19(30)26-24-8-10-25(15-24,11-9-24)34-22(32)27-23(5,6)7/h12,16-17H,8-11,13-15H2,1-7H3,(H,26,30)(H,27,32). The van der Waals surface area contributed by atoms with E-state index in [1.165, 1.54) is 10.7 Å². The lowest BCUT2D eigenvalue weighted by molar-refractivity contribution is -0.123. The number of fused-ring (bicyclic) bond motifs is 2. The summed E-state index contributed by atoms with van der Waals surface area (Å²) in [5, 5.41) is 10.4. The zero-order valence-electron chi connectivity index (χ0n) is 21.6. The Labute approximate surface area is 202 Å². The third-order valence-electron chi connectivity index (χ3n) is 6.37. The molecule has 2 amide bonds. The molecule has 0 spiro atoms. The molecule has 9 heteroatoms. The van der Waals surface area contributed by atoms with Gasteiger partial charge in [-0.3, -0.25) is 9.59 Å². The molecule has 190 valence electrons. The van der Waals surface area contributed by atoms with Gasteiger partial charge in [-0.1, -0.05) is 27.7 Å². The molecule has 2 bridgehead atoms. The van der Waals surface area contributed by atoms with Crippen molar-refractivity contribution in [3.05, 3.63) is 22.1 Å². The third-order valence-corrected chi connectivity index (χ3v) is 6.37. The Hall–Kier alpha value is -2.58. The number of amides is 2. The number of aromatic nitrogens is 2. The van der Waals surface area contributed by atoms with Crippen LogP contribution in [0.5, 0.6) is 5.75 Å². The molecule has 0 radical (unpaired) electrons. The molecule has 2 aliphatic carbocycles.